The average Bonchev–Trinajstić information content (AvgIpc) is 2.44. The molecule has 2 N–H and O–H groups in total. The maximum absolute atomic E-state index is 11.8. The van der Waals surface area contributed by atoms with Gasteiger partial charge in [-0.1, -0.05) is 6.07 Å². The summed E-state index contributed by atoms with van der Waals surface area (Å²) in [4.78, 5) is 18.5. The Bertz CT molecular complexity index is 493. The standard InChI is InChI=1S/C15H22N4O2.ClH/c1-11-10-19(4-5-21-11)14-3-2-12(6-17-14)7-18-15(20)13-8-16-9-13;/h2-3,6,11,13,16H,4-5,7-10H2,1H3,(H,18,20);1H. The number of nitrogens with one attached hydrogen (secondary N) is 2. The lowest BCUT2D eigenvalue weighted by Crippen LogP contribution is -2.50. The van der Waals surface area contributed by atoms with E-state index < -0.39 is 0 Å². The summed E-state index contributed by atoms with van der Waals surface area (Å²) in [5.41, 5.74) is 1.03. The van der Waals surface area contributed by atoms with Gasteiger partial charge in [-0.15, -0.1) is 12.4 Å². The lowest BCUT2D eigenvalue weighted by atomic mass is 10.0. The van der Waals surface area contributed by atoms with Crippen LogP contribution in [0.3, 0.4) is 0 Å². The highest BCUT2D eigenvalue weighted by Crippen LogP contribution is 2.15. The molecule has 1 unspecified atom stereocenters. The van der Waals surface area contributed by atoms with Crippen molar-refractivity contribution in [3.05, 3.63) is 23.9 Å². The second kappa shape index (κ2) is 7.76. The van der Waals surface area contributed by atoms with E-state index in [0.29, 0.717) is 6.54 Å². The van der Waals surface area contributed by atoms with E-state index in [1.807, 2.05) is 18.3 Å². The van der Waals surface area contributed by atoms with Gasteiger partial charge in [0.15, 0.2) is 0 Å². The molecule has 6 nitrogen and oxygen atoms in total. The van der Waals surface area contributed by atoms with E-state index in [1.165, 1.54) is 0 Å². The third-order valence-corrected chi connectivity index (χ3v) is 3.99. The molecule has 1 atom stereocenters. The number of pyridine rings is 1. The zero-order valence-corrected chi connectivity index (χ0v) is 13.6. The van der Waals surface area contributed by atoms with Crippen LogP contribution in [0.4, 0.5) is 5.82 Å². The molecule has 0 aromatic carbocycles. The zero-order chi connectivity index (χ0) is 14.7. The Hall–Kier alpha value is -1.37. The smallest absolute Gasteiger partial charge is 0.225 e. The first-order valence-corrected chi connectivity index (χ1v) is 7.52. The van der Waals surface area contributed by atoms with Crippen LogP contribution in [0.1, 0.15) is 12.5 Å². The third-order valence-electron chi connectivity index (χ3n) is 3.99. The van der Waals surface area contributed by atoms with E-state index in [0.717, 1.165) is 44.2 Å². The Morgan fingerprint density at radius 3 is 2.91 bits per heavy atom. The second-order valence-electron chi connectivity index (χ2n) is 5.73. The summed E-state index contributed by atoms with van der Waals surface area (Å²) in [5.74, 6) is 1.23. The minimum absolute atomic E-state index is 0. The summed E-state index contributed by atoms with van der Waals surface area (Å²) in [6.45, 7) is 6.69. The molecule has 3 heterocycles. The van der Waals surface area contributed by atoms with Crippen molar-refractivity contribution in [3.8, 4) is 0 Å². The molecule has 0 spiro atoms. The van der Waals surface area contributed by atoms with Gasteiger partial charge in [-0.25, -0.2) is 4.98 Å². The lowest BCUT2D eigenvalue weighted by molar-refractivity contribution is -0.126. The number of aromatic nitrogens is 1. The van der Waals surface area contributed by atoms with Gasteiger partial charge in [0.25, 0.3) is 0 Å². The van der Waals surface area contributed by atoms with Gasteiger partial charge in [-0.2, -0.15) is 0 Å². The number of carbonyl (C=O) groups is 1. The fraction of sp³-hybridized carbons (Fsp3) is 0.600. The van der Waals surface area contributed by atoms with Crippen LogP contribution in [0.25, 0.3) is 0 Å². The van der Waals surface area contributed by atoms with Crippen molar-refractivity contribution >= 4 is 24.1 Å². The van der Waals surface area contributed by atoms with Crippen molar-refractivity contribution in [3.63, 3.8) is 0 Å². The number of amides is 1. The van der Waals surface area contributed by atoms with Crippen LogP contribution in [-0.4, -0.2) is 49.8 Å². The monoisotopic (exact) mass is 326 g/mol. The molecule has 3 rings (SSSR count). The molecule has 0 aliphatic carbocycles. The minimum Gasteiger partial charge on any atom is -0.375 e. The summed E-state index contributed by atoms with van der Waals surface area (Å²) in [5, 5.41) is 6.05. The van der Waals surface area contributed by atoms with Crippen LogP contribution in [0.5, 0.6) is 0 Å². The van der Waals surface area contributed by atoms with Gasteiger partial charge in [0, 0.05) is 38.9 Å². The van der Waals surface area contributed by atoms with Crippen LogP contribution >= 0.6 is 12.4 Å². The third kappa shape index (κ3) is 4.09. The summed E-state index contributed by atoms with van der Waals surface area (Å²) in [7, 11) is 0. The van der Waals surface area contributed by atoms with Crippen LogP contribution in [-0.2, 0) is 16.1 Å². The number of nitrogens with zero attached hydrogens (tertiary/aromatic N) is 2. The molecule has 22 heavy (non-hydrogen) atoms. The summed E-state index contributed by atoms with van der Waals surface area (Å²) in [6, 6.07) is 4.05. The van der Waals surface area contributed by atoms with Crippen molar-refractivity contribution in [2.75, 3.05) is 37.7 Å². The quantitative estimate of drug-likeness (QED) is 0.846. The molecule has 2 aliphatic heterocycles. The Morgan fingerprint density at radius 2 is 2.32 bits per heavy atom. The number of anilines is 1. The first-order chi connectivity index (χ1) is 10.2. The summed E-state index contributed by atoms with van der Waals surface area (Å²) < 4.78 is 5.53. The molecule has 2 fully saturated rings. The Labute approximate surface area is 137 Å². The van der Waals surface area contributed by atoms with Crippen molar-refractivity contribution in [2.24, 2.45) is 5.92 Å². The van der Waals surface area contributed by atoms with Crippen LogP contribution in [0, 0.1) is 5.92 Å². The number of morpholine rings is 1. The molecular formula is C15H23ClN4O2. The Kier molecular flexibility index (Phi) is 5.99. The average molecular weight is 327 g/mol. The van der Waals surface area contributed by atoms with E-state index in [4.69, 9.17) is 4.74 Å². The lowest BCUT2D eigenvalue weighted by Gasteiger charge is -2.32. The fourth-order valence-corrected chi connectivity index (χ4v) is 2.54. The molecule has 2 saturated heterocycles. The van der Waals surface area contributed by atoms with Gasteiger partial charge in [0.05, 0.1) is 18.6 Å². The number of carbonyl (C=O) groups excluding carboxylic acids is 1. The number of rotatable bonds is 4. The minimum atomic E-state index is 0. The topological polar surface area (TPSA) is 66.5 Å². The first kappa shape index (κ1) is 17.0. The Morgan fingerprint density at radius 1 is 1.50 bits per heavy atom. The normalized spacial score (nSPS) is 21.7. The number of halogens is 1. The van der Waals surface area contributed by atoms with Crippen molar-refractivity contribution < 1.29 is 9.53 Å². The largest absolute Gasteiger partial charge is 0.375 e. The molecule has 0 radical (unpaired) electrons. The highest BCUT2D eigenvalue weighted by atomic mass is 35.5. The number of hydrogen-bond donors (Lipinski definition) is 2. The fourth-order valence-electron chi connectivity index (χ4n) is 2.54. The zero-order valence-electron chi connectivity index (χ0n) is 12.7. The Balaban J connectivity index is 0.00000176. The summed E-state index contributed by atoms with van der Waals surface area (Å²) in [6.07, 6.45) is 2.09. The van der Waals surface area contributed by atoms with E-state index in [2.05, 4.69) is 27.4 Å². The highest BCUT2D eigenvalue weighted by Gasteiger charge is 2.24. The molecule has 0 saturated carbocycles. The van der Waals surface area contributed by atoms with E-state index in [9.17, 15) is 4.79 Å². The van der Waals surface area contributed by atoms with Gasteiger partial charge >= 0.3 is 0 Å². The molecule has 1 aromatic rings. The maximum Gasteiger partial charge on any atom is 0.225 e. The molecule has 1 aromatic heterocycles. The first-order valence-electron chi connectivity index (χ1n) is 7.52. The number of hydrogen-bond acceptors (Lipinski definition) is 5. The second-order valence-corrected chi connectivity index (χ2v) is 5.73. The van der Waals surface area contributed by atoms with Crippen LogP contribution < -0.4 is 15.5 Å². The van der Waals surface area contributed by atoms with Gasteiger partial charge in [-0.05, 0) is 18.6 Å². The van der Waals surface area contributed by atoms with Crippen molar-refractivity contribution in [2.45, 2.75) is 19.6 Å². The maximum atomic E-state index is 11.8. The van der Waals surface area contributed by atoms with E-state index in [-0.39, 0.29) is 30.3 Å². The van der Waals surface area contributed by atoms with Gasteiger partial charge in [0.1, 0.15) is 5.82 Å². The van der Waals surface area contributed by atoms with Gasteiger partial charge in [-0.3, -0.25) is 4.79 Å². The van der Waals surface area contributed by atoms with E-state index in [1.54, 1.807) is 0 Å². The van der Waals surface area contributed by atoms with Crippen molar-refractivity contribution in [1.82, 2.24) is 15.6 Å². The molecule has 7 heteroatoms. The molecule has 0 bridgehead atoms. The SMILES string of the molecule is CC1CN(c2ccc(CNC(=O)C3CNC3)cn2)CCO1.Cl. The van der Waals surface area contributed by atoms with Crippen molar-refractivity contribution in [1.29, 1.82) is 0 Å². The molecule has 2 aliphatic rings. The predicted molar refractivity (Wildman–Crippen MR) is 87.3 cm³/mol. The van der Waals surface area contributed by atoms with Crippen LogP contribution in [0.15, 0.2) is 18.3 Å². The number of ether oxygens (including phenoxy) is 1. The molecule has 1 amide bonds. The summed E-state index contributed by atoms with van der Waals surface area (Å²) >= 11 is 0. The highest BCUT2D eigenvalue weighted by molar-refractivity contribution is 5.85. The van der Waals surface area contributed by atoms with Crippen LogP contribution in [0.2, 0.25) is 0 Å². The molecular weight excluding hydrogens is 304 g/mol. The van der Waals surface area contributed by atoms with Gasteiger partial charge < -0.3 is 20.3 Å². The predicted octanol–water partition coefficient (Wildman–Crippen LogP) is 0.564. The van der Waals surface area contributed by atoms with E-state index >= 15 is 0 Å². The molecule has 122 valence electrons. The van der Waals surface area contributed by atoms with Gasteiger partial charge in [0.2, 0.25) is 5.91 Å².